The average Bonchev–Trinajstić information content (AvgIpc) is 2.89. The van der Waals surface area contributed by atoms with E-state index in [1.54, 1.807) is 0 Å². The van der Waals surface area contributed by atoms with Crippen LogP contribution in [-0.4, -0.2) is 36.6 Å². The molecule has 2 N–H and O–H groups in total. The molecule has 0 spiro atoms. The fourth-order valence-corrected chi connectivity index (χ4v) is 3.59. The molecule has 2 rings (SSSR count). The number of carboxylic acid groups (broad SMARTS) is 1. The van der Waals surface area contributed by atoms with E-state index in [1.165, 1.54) is 25.4 Å². The maximum Gasteiger partial charge on any atom is 0.356 e. The van der Waals surface area contributed by atoms with Crippen LogP contribution in [0.4, 0.5) is 5.69 Å². The Balaban J connectivity index is 2.41. The molecule has 2 heterocycles. The normalized spacial score (nSPS) is 11.1. The molecule has 2 aromatic heterocycles. The second kappa shape index (κ2) is 5.43. The SMILES string of the molecule is COc1ncccc1NS(=O)(=O)c1scnc1C(=O)O. The van der Waals surface area contributed by atoms with Crippen molar-refractivity contribution < 1.29 is 23.1 Å². The molecule has 0 atom stereocenters. The lowest BCUT2D eigenvalue weighted by atomic mass is 10.4. The summed E-state index contributed by atoms with van der Waals surface area (Å²) in [4.78, 5) is 18.3. The van der Waals surface area contributed by atoms with Crippen LogP contribution >= 0.6 is 11.3 Å². The molecule has 0 aliphatic carbocycles. The van der Waals surface area contributed by atoms with Gasteiger partial charge in [0, 0.05) is 6.20 Å². The molecule has 10 heteroatoms. The van der Waals surface area contributed by atoms with E-state index in [1.807, 2.05) is 0 Å². The van der Waals surface area contributed by atoms with Crippen LogP contribution < -0.4 is 9.46 Å². The smallest absolute Gasteiger partial charge is 0.356 e. The molecule has 0 aromatic carbocycles. The highest BCUT2D eigenvalue weighted by atomic mass is 32.2. The molecule has 0 unspecified atom stereocenters. The average molecular weight is 315 g/mol. The summed E-state index contributed by atoms with van der Waals surface area (Å²) in [5, 5.41) is 8.90. The number of aromatic carboxylic acids is 1. The van der Waals surface area contributed by atoms with Gasteiger partial charge >= 0.3 is 5.97 Å². The first-order valence-corrected chi connectivity index (χ1v) is 7.50. The lowest BCUT2D eigenvalue weighted by Gasteiger charge is -2.09. The van der Waals surface area contributed by atoms with Crippen LogP contribution in [0.15, 0.2) is 28.0 Å². The quantitative estimate of drug-likeness (QED) is 0.846. The first-order chi connectivity index (χ1) is 9.45. The molecular weight excluding hydrogens is 306 g/mol. The van der Waals surface area contributed by atoms with Gasteiger partial charge in [-0.2, -0.15) is 0 Å². The highest BCUT2D eigenvalue weighted by molar-refractivity contribution is 7.94. The Morgan fingerprint density at radius 1 is 1.45 bits per heavy atom. The molecule has 0 bridgehead atoms. The summed E-state index contributed by atoms with van der Waals surface area (Å²) < 4.78 is 31.1. The minimum absolute atomic E-state index is 0.0810. The predicted molar refractivity (Wildman–Crippen MR) is 70.7 cm³/mol. The van der Waals surface area contributed by atoms with Gasteiger partial charge in [0.1, 0.15) is 5.69 Å². The number of ether oxygens (including phenoxy) is 1. The third-order valence-corrected chi connectivity index (χ3v) is 4.93. The zero-order chi connectivity index (χ0) is 14.8. The van der Waals surface area contributed by atoms with Gasteiger partial charge in [-0.3, -0.25) is 4.72 Å². The molecular formula is C10H9N3O5S2. The van der Waals surface area contributed by atoms with E-state index in [0.29, 0.717) is 11.3 Å². The molecule has 0 fully saturated rings. The first-order valence-electron chi connectivity index (χ1n) is 5.14. The molecule has 0 saturated carbocycles. The van der Waals surface area contributed by atoms with Crippen molar-refractivity contribution >= 4 is 33.0 Å². The summed E-state index contributed by atoms with van der Waals surface area (Å²) in [5.41, 5.74) is 0.739. The van der Waals surface area contributed by atoms with Crippen molar-refractivity contribution in [2.75, 3.05) is 11.8 Å². The van der Waals surface area contributed by atoms with Crippen molar-refractivity contribution in [3.63, 3.8) is 0 Å². The van der Waals surface area contributed by atoms with E-state index in [4.69, 9.17) is 9.84 Å². The lowest BCUT2D eigenvalue weighted by molar-refractivity contribution is 0.0687. The lowest BCUT2D eigenvalue weighted by Crippen LogP contribution is -2.16. The number of aromatic nitrogens is 2. The number of nitrogens with zero attached hydrogens (tertiary/aromatic N) is 2. The van der Waals surface area contributed by atoms with Gasteiger partial charge in [-0.25, -0.2) is 23.2 Å². The van der Waals surface area contributed by atoms with Crippen molar-refractivity contribution in [1.29, 1.82) is 0 Å². The third-order valence-electron chi connectivity index (χ3n) is 2.19. The maximum atomic E-state index is 12.2. The number of carbonyl (C=O) groups is 1. The highest BCUT2D eigenvalue weighted by Crippen LogP contribution is 2.27. The summed E-state index contributed by atoms with van der Waals surface area (Å²) >= 11 is 0.714. The Kier molecular flexibility index (Phi) is 3.86. The molecule has 0 aliphatic rings. The van der Waals surface area contributed by atoms with E-state index in [2.05, 4.69) is 14.7 Å². The topological polar surface area (TPSA) is 118 Å². The molecule has 8 nitrogen and oxygen atoms in total. The largest absolute Gasteiger partial charge is 0.480 e. The van der Waals surface area contributed by atoms with Gasteiger partial charge in [0.2, 0.25) is 5.88 Å². The number of carboxylic acids is 1. The van der Waals surface area contributed by atoms with Crippen molar-refractivity contribution in [3.05, 3.63) is 29.5 Å². The summed E-state index contributed by atoms with van der Waals surface area (Å²) in [6, 6.07) is 2.97. The monoisotopic (exact) mass is 315 g/mol. The second-order valence-electron chi connectivity index (χ2n) is 3.46. The van der Waals surface area contributed by atoms with E-state index in [9.17, 15) is 13.2 Å². The number of rotatable bonds is 5. The number of nitrogens with one attached hydrogen (secondary N) is 1. The molecule has 2 aromatic rings. The Morgan fingerprint density at radius 2 is 2.20 bits per heavy atom. The van der Waals surface area contributed by atoms with Crippen molar-refractivity contribution in [1.82, 2.24) is 9.97 Å². The number of thiazole rings is 1. The number of pyridine rings is 1. The van der Waals surface area contributed by atoms with Gasteiger partial charge in [0.15, 0.2) is 9.90 Å². The Bertz CT molecular complexity index is 741. The van der Waals surface area contributed by atoms with Gasteiger partial charge in [0.25, 0.3) is 10.0 Å². The van der Waals surface area contributed by atoms with Crippen LogP contribution in [0.5, 0.6) is 5.88 Å². The minimum atomic E-state index is -4.07. The number of methoxy groups -OCH3 is 1. The van der Waals surface area contributed by atoms with Crippen LogP contribution in [0, 0.1) is 0 Å². The van der Waals surface area contributed by atoms with Gasteiger partial charge in [-0.05, 0) is 12.1 Å². The fourth-order valence-electron chi connectivity index (χ4n) is 1.39. The number of hydrogen-bond acceptors (Lipinski definition) is 7. The van der Waals surface area contributed by atoms with Crippen LogP contribution in [0.1, 0.15) is 10.5 Å². The van der Waals surface area contributed by atoms with Crippen molar-refractivity contribution in [2.24, 2.45) is 0 Å². The van der Waals surface area contributed by atoms with Gasteiger partial charge in [-0.15, -0.1) is 11.3 Å². The Labute approximate surface area is 118 Å². The summed E-state index contributed by atoms with van der Waals surface area (Å²) in [5.74, 6) is -1.33. The number of sulfonamides is 1. The first kappa shape index (κ1) is 14.2. The third kappa shape index (κ3) is 2.70. The standard InChI is InChI=1S/C10H9N3O5S2/c1-18-8-6(3-2-4-11-8)13-20(16,17)10-7(9(14)15)12-5-19-10/h2-5,13H,1H3,(H,14,15). The highest BCUT2D eigenvalue weighted by Gasteiger charge is 2.26. The Morgan fingerprint density at radius 3 is 2.85 bits per heavy atom. The van der Waals surface area contributed by atoms with Crippen LogP contribution in [0.2, 0.25) is 0 Å². The fraction of sp³-hybridized carbons (Fsp3) is 0.100. The van der Waals surface area contributed by atoms with Gasteiger partial charge in [-0.1, -0.05) is 0 Å². The number of anilines is 1. The van der Waals surface area contributed by atoms with Gasteiger partial charge < -0.3 is 9.84 Å². The maximum absolute atomic E-state index is 12.2. The van der Waals surface area contributed by atoms with Crippen molar-refractivity contribution in [2.45, 2.75) is 4.21 Å². The zero-order valence-electron chi connectivity index (χ0n) is 10.1. The summed E-state index contributed by atoms with van der Waals surface area (Å²) in [6.07, 6.45) is 1.44. The summed E-state index contributed by atoms with van der Waals surface area (Å²) in [7, 11) is -2.73. The molecule has 0 saturated heterocycles. The zero-order valence-corrected chi connectivity index (χ0v) is 11.7. The van der Waals surface area contributed by atoms with Crippen LogP contribution in [-0.2, 0) is 10.0 Å². The van der Waals surface area contributed by atoms with E-state index in [-0.39, 0.29) is 15.8 Å². The molecule has 20 heavy (non-hydrogen) atoms. The molecule has 0 aliphatic heterocycles. The molecule has 106 valence electrons. The minimum Gasteiger partial charge on any atom is -0.480 e. The van der Waals surface area contributed by atoms with E-state index in [0.717, 1.165) is 5.51 Å². The van der Waals surface area contributed by atoms with Crippen LogP contribution in [0.25, 0.3) is 0 Å². The van der Waals surface area contributed by atoms with Crippen molar-refractivity contribution in [3.8, 4) is 5.88 Å². The van der Waals surface area contributed by atoms with Crippen LogP contribution in [0.3, 0.4) is 0 Å². The Hall–Kier alpha value is -2.20. The number of hydrogen-bond donors (Lipinski definition) is 2. The van der Waals surface area contributed by atoms with E-state index < -0.39 is 21.7 Å². The second-order valence-corrected chi connectivity index (χ2v) is 6.19. The molecule has 0 amide bonds. The van der Waals surface area contributed by atoms with E-state index >= 15 is 0 Å². The summed E-state index contributed by atoms with van der Waals surface area (Å²) in [6.45, 7) is 0. The predicted octanol–water partition coefficient (Wildman–Crippen LogP) is 1.05. The molecule has 0 radical (unpaired) electrons. The van der Waals surface area contributed by atoms with Gasteiger partial charge in [0.05, 0.1) is 12.6 Å².